The lowest BCUT2D eigenvalue weighted by molar-refractivity contribution is -0.132. The predicted octanol–water partition coefficient (Wildman–Crippen LogP) is -0.683. The van der Waals surface area contributed by atoms with Crippen molar-refractivity contribution in [2.24, 2.45) is 5.73 Å². The number of aliphatic hydroxyl groups is 2. The Labute approximate surface area is 90.9 Å². The van der Waals surface area contributed by atoms with E-state index in [0.717, 1.165) is 12.8 Å². The average Bonchev–Trinajstić information content (AvgIpc) is 2.16. The van der Waals surface area contributed by atoms with E-state index in [1.54, 1.807) is 0 Å². The summed E-state index contributed by atoms with van der Waals surface area (Å²) in [6.45, 7) is 2.34. The molecule has 0 aliphatic rings. The summed E-state index contributed by atoms with van der Waals surface area (Å²) in [5.41, 5.74) is 5.57. The van der Waals surface area contributed by atoms with Crippen LogP contribution in [0.5, 0.6) is 0 Å². The predicted molar refractivity (Wildman–Crippen MR) is 58.3 cm³/mol. The molecular formula is C10H22N2O3. The number of aliphatic hydroxyl groups excluding tert-OH is 2. The first kappa shape index (κ1) is 14.3. The van der Waals surface area contributed by atoms with Gasteiger partial charge in [-0.15, -0.1) is 0 Å². The lowest BCUT2D eigenvalue weighted by Gasteiger charge is -2.20. The highest BCUT2D eigenvalue weighted by atomic mass is 16.3. The van der Waals surface area contributed by atoms with Crippen molar-refractivity contribution >= 4 is 5.91 Å². The summed E-state index contributed by atoms with van der Waals surface area (Å²) in [6, 6.07) is 0.113. The van der Waals surface area contributed by atoms with E-state index in [1.165, 1.54) is 4.90 Å². The molecule has 0 aromatic heterocycles. The van der Waals surface area contributed by atoms with E-state index < -0.39 is 0 Å². The molecule has 1 amide bonds. The molecular weight excluding hydrogens is 196 g/mol. The van der Waals surface area contributed by atoms with Crippen molar-refractivity contribution in [2.75, 3.05) is 26.3 Å². The van der Waals surface area contributed by atoms with E-state index >= 15 is 0 Å². The number of hydrogen-bond acceptors (Lipinski definition) is 4. The van der Waals surface area contributed by atoms with Gasteiger partial charge in [0.25, 0.3) is 0 Å². The topological polar surface area (TPSA) is 86.8 Å². The zero-order valence-corrected chi connectivity index (χ0v) is 9.35. The summed E-state index contributed by atoms with van der Waals surface area (Å²) in [5, 5.41) is 17.5. The molecule has 0 fully saturated rings. The number of carbonyl (C=O) groups excluding carboxylic acids is 1. The summed E-state index contributed by atoms with van der Waals surface area (Å²) in [4.78, 5) is 13.0. The Kier molecular flexibility index (Phi) is 8.27. The molecule has 4 N–H and O–H groups in total. The van der Waals surface area contributed by atoms with Gasteiger partial charge in [-0.25, -0.2) is 0 Å². The fourth-order valence-electron chi connectivity index (χ4n) is 1.34. The van der Waals surface area contributed by atoms with Gasteiger partial charge in [0.2, 0.25) is 5.91 Å². The van der Waals surface area contributed by atoms with Gasteiger partial charge in [0.15, 0.2) is 0 Å². The maximum atomic E-state index is 11.6. The van der Waals surface area contributed by atoms with Gasteiger partial charge in [0, 0.05) is 25.6 Å². The second-order valence-corrected chi connectivity index (χ2v) is 3.70. The molecule has 0 aromatic rings. The van der Waals surface area contributed by atoms with E-state index in [1.807, 2.05) is 6.92 Å². The van der Waals surface area contributed by atoms with Crippen LogP contribution in [0.1, 0.15) is 26.2 Å². The van der Waals surface area contributed by atoms with Crippen molar-refractivity contribution in [1.82, 2.24) is 4.90 Å². The summed E-state index contributed by atoms with van der Waals surface area (Å²) in [7, 11) is 0. The molecule has 90 valence electrons. The van der Waals surface area contributed by atoms with E-state index in [0.29, 0.717) is 6.42 Å². The Bertz CT molecular complexity index is 168. The maximum absolute atomic E-state index is 11.6. The summed E-state index contributed by atoms with van der Waals surface area (Å²) in [5.74, 6) is -0.0289. The molecule has 0 radical (unpaired) electrons. The number of hydrogen-bond donors (Lipinski definition) is 3. The molecule has 0 spiro atoms. The third-order valence-electron chi connectivity index (χ3n) is 2.14. The normalized spacial score (nSPS) is 12.5. The minimum absolute atomic E-state index is 0.0289. The molecule has 15 heavy (non-hydrogen) atoms. The van der Waals surface area contributed by atoms with Crippen molar-refractivity contribution in [1.29, 1.82) is 0 Å². The van der Waals surface area contributed by atoms with Crippen LogP contribution in [0.15, 0.2) is 0 Å². The van der Waals surface area contributed by atoms with Crippen molar-refractivity contribution in [3.8, 4) is 0 Å². The van der Waals surface area contributed by atoms with Gasteiger partial charge in [0.05, 0.1) is 13.2 Å². The highest BCUT2D eigenvalue weighted by molar-refractivity contribution is 5.76. The standard InChI is InChI=1S/C10H22N2O3/c1-9(11)3-2-4-10(15)12(5-7-13)6-8-14/h9,13-14H,2-8,11H2,1H3. The van der Waals surface area contributed by atoms with Crippen LogP contribution in [0.3, 0.4) is 0 Å². The molecule has 1 atom stereocenters. The lowest BCUT2D eigenvalue weighted by atomic mass is 10.1. The van der Waals surface area contributed by atoms with E-state index in [2.05, 4.69) is 0 Å². The zero-order chi connectivity index (χ0) is 11.7. The number of nitrogens with two attached hydrogens (primary N) is 1. The molecule has 0 saturated heterocycles. The van der Waals surface area contributed by atoms with Crippen LogP contribution in [0, 0.1) is 0 Å². The second kappa shape index (κ2) is 8.64. The molecule has 1 unspecified atom stereocenters. The average molecular weight is 218 g/mol. The summed E-state index contributed by atoms with van der Waals surface area (Å²) >= 11 is 0. The molecule has 0 aliphatic carbocycles. The molecule has 0 rings (SSSR count). The Balaban J connectivity index is 3.80. The minimum atomic E-state index is -0.0704. The highest BCUT2D eigenvalue weighted by Gasteiger charge is 2.11. The van der Waals surface area contributed by atoms with Crippen molar-refractivity contribution in [2.45, 2.75) is 32.2 Å². The van der Waals surface area contributed by atoms with Crippen molar-refractivity contribution < 1.29 is 15.0 Å². The molecule has 0 saturated carbocycles. The number of carbonyl (C=O) groups is 1. The van der Waals surface area contributed by atoms with Crippen LogP contribution in [-0.2, 0) is 4.79 Å². The highest BCUT2D eigenvalue weighted by Crippen LogP contribution is 2.02. The second-order valence-electron chi connectivity index (χ2n) is 3.70. The molecule has 5 heteroatoms. The molecule has 0 aliphatic heterocycles. The van der Waals surface area contributed by atoms with E-state index in [-0.39, 0.29) is 38.3 Å². The fourth-order valence-corrected chi connectivity index (χ4v) is 1.34. The maximum Gasteiger partial charge on any atom is 0.222 e. The first-order valence-corrected chi connectivity index (χ1v) is 5.37. The monoisotopic (exact) mass is 218 g/mol. The van der Waals surface area contributed by atoms with Gasteiger partial charge < -0.3 is 20.8 Å². The minimum Gasteiger partial charge on any atom is -0.395 e. The Morgan fingerprint density at radius 1 is 1.33 bits per heavy atom. The third kappa shape index (κ3) is 7.30. The molecule has 0 bridgehead atoms. The molecule has 0 heterocycles. The van der Waals surface area contributed by atoms with Crippen LogP contribution in [0.2, 0.25) is 0 Å². The van der Waals surface area contributed by atoms with E-state index in [4.69, 9.17) is 15.9 Å². The van der Waals surface area contributed by atoms with Crippen molar-refractivity contribution in [3.63, 3.8) is 0 Å². The van der Waals surface area contributed by atoms with Gasteiger partial charge in [-0.1, -0.05) is 0 Å². The van der Waals surface area contributed by atoms with E-state index in [9.17, 15) is 4.79 Å². The van der Waals surface area contributed by atoms with Crippen molar-refractivity contribution in [3.05, 3.63) is 0 Å². The number of nitrogens with zero attached hydrogens (tertiary/aromatic N) is 1. The Hall–Kier alpha value is -0.650. The van der Waals surface area contributed by atoms with Crippen LogP contribution in [0.25, 0.3) is 0 Å². The first-order chi connectivity index (χ1) is 7.11. The first-order valence-electron chi connectivity index (χ1n) is 5.37. The van der Waals surface area contributed by atoms with Crippen LogP contribution < -0.4 is 5.73 Å². The van der Waals surface area contributed by atoms with Crippen LogP contribution in [-0.4, -0.2) is 53.4 Å². The Morgan fingerprint density at radius 2 is 1.87 bits per heavy atom. The summed E-state index contributed by atoms with van der Waals surface area (Å²) < 4.78 is 0. The summed E-state index contributed by atoms with van der Waals surface area (Å²) in [6.07, 6.45) is 2.00. The molecule has 5 nitrogen and oxygen atoms in total. The Morgan fingerprint density at radius 3 is 2.27 bits per heavy atom. The smallest absolute Gasteiger partial charge is 0.222 e. The van der Waals surface area contributed by atoms with Gasteiger partial charge in [-0.2, -0.15) is 0 Å². The molecule has 0 aromatic carbocycles. The fraction of sp³-hybridized carbons (Fsp3) is 0.900. The SMILES string of the molecule is CC(N)CCCC(=O)N(CCO)CCO. The zero-order valence-electron chi connectivity index (χ0n) is 9.35. The largest absolute Gasteiger partial charge is 0.395 e. The van der Waals surface area contributed by atoms with Gasteiger partial charge in [-0.05, 0) is 19.8 Å². The third-order valence-corrected chi connectivity index (χ3v) is 2.14. The van der Waals surface area contributed by atoms with Crippen LogP contribution >= 0.6 is 0 Å². The van der Waals surface area contributed by atoms with Gasteiger partial charge in [-0.3, -0.25) is 4.79 Å². The quantitative estimate of drug-likeness (QED) is 0.503. The van der Waals surface area contributed by atoms with Gasteiger partial charge >= 0.3 is 0 Å². The van der Waals surface area contributed by atoms with Gasteiger partial charge in [0.1, 0.15) is 0 Å². The number of rotatable bonds is 8. The number of amides is 1. The van der Waals surface area contributed by atoms with Crippen LogP contribution in [0.4, 0.5) is 0 Å². The lowest BCUT2D eigenvalue weighted by Crippen LogP contribution is -2.35.